The maximum atomic E-state index is 6.34. The van der Waals surface area contributed by atoms with Gasteiger partial charge in [0.05, 0.1) is 12.2 Å². The van der Waals surface area contributed by atoms with Crippen molar-refractivity contribution in [3.63, 3.8) is 0 Å². The molecule has 0 saturated carbocycles. The highest BCUT2D eigenvalue weighted by Gasteiger charge is 2.23. The van der Waals surface area contributed by atoms with E-state index < -0.39 is 0 Å². The maximum absolute atomic E-state index is 6.34. The second kappa shape index (κ2) is 8.69. The first-order valence-electron chi connectivity index (χ1n) is 8.20. The number of nitrogens with one attached hydrogen (secondary N) is 2. The predicted molar refractivity (Wildman–Crippen MR) is 102 cm³/mol. The van der Waals surface area contributed by atoms with E-state index in [0.29, 0.717) is 6.54 Å². The zero-order chi connectivity index (χ0) is 17.4. The Hall–Kier alpha value is -2.07. The minimum absolute atomic E-state index is 0.112. The fourth-order valence-electron chi connectivity index (χ4n) is 2.40. The third-order valence-electron chi connectivity index (χ3n) is 3.77. The first-order valence-corrected chi connectivity index (χ1v) is 8.58. The number of hydrogen-bond acceptors (Lipinski definition) is 2. The summed E-state index contributed by atoms with van der Waals surface area (Å²) in [5, 5.41) is 7.47. The monoisotopic (exact) mass is 344 g/mol. The molecule has 0 saturated heterocycles. The smallest absolute Gasteiger partial charge is 0.191 e. The Labute approximate surface area is 149 Å². The van der Waals surface area contributed by atoms with Gasteiger partial charge in [-0.25, -0.2) is 4.99 Å². The lowest BCUT2D eigenvalue weighted by atomic mass is 9.84. The first kappa shape index (κ1) is 18.3. The minimum atomic E-state index is -0.112. The Kier molecular flexibility index (Phi) is 6.62. The predicted octanol–water partition coefficient (Wildman–Crippen LogP) is 3.77. The quantitative estimate of drug-likeness (QED) is 0.619. The minimum Gasteiger partial charge on any atom is -0.357 e. The zero-order valence-electron chi connectivity index (χ0n) is 14.5. The molecule has 0 aliphatic carbocycles. The molecule has 0 radical (unpaired) electrons. The summed E-state index contributed by atoms with van der Waals surface area (Å²) >= 11 is 6.34. The molecule has 0 bridgehead atoms. The normalized spacial score (nSPS) is 12.1. The van der Waals surface area contributed by atoms with Crippen molar-refractivity contribution in [2.24, 2.45) is 4.99 Å². The van der Waals surface area contributed by atoms with Crippen LogP contribution < -0.4 is 10.6 Å². The van der Waals surface area contributed by atoms with Crippen LogP contribution in [0.5, 0.6) is 0 Å². The Bertz CT molecular complexity index is 668. The third kappa shape index (κ3) is 5.24. The van der Waals surface area contributed by atoms with Crippen molar-refractivity contribution in [3.05, 3.63) is 64.9 Å². The summed E-state index contributed by atoms with van der Waals surface area (Å²) in [5.41, 5.74) is 1.96. The van der Waals surface area contributed by atoms with E-state index in [1.54, 1.807) is 6.20 Å². The summed E-state index contributed by atoms with van der Waals surface area (Å²) in [6.45, 7) is 8.47. The highest BCUT2D eigenvalue weighted by atomic mass is 35.5. The number of hydrogen-bond donors (Lipinski definition) is 2. The summed E-state index contributed by atoms with van der Waals surface area (Å²) in [6, 6.07) is 13.8. The molecule has 0 fully saturated rings. The van der Waals surface area contributed by atoms with Crippen molar-refractivity contribution in [2.75, 3.05) is 13.1 Å². The van der Waals surface area contributed by atoms with Crippen molar-refractivity contribution in [2.45, 2.75) is 32.7 Å². The van der Waals surface area contributed by atoms with Crippen molar-refractivity contribution in [1.82, 2.24) is 15.6 Å². The Morgan fingerprint density at radius 2 is 1.88 bits per heavy atom. The molecule has 5 heteroatoms. The molecule has 1 aromatic carbocycles. The largest absolute Gasteiger partial charge is 0.357 e. The molecule has 0 atom stereocenters. The number of pyridine rings is 1. The van der Waals surface area contributed by atoms with Gasteiger partial charge in [-0.05, 0) is 30.7 Å². The van der Waals surface area contributed by atoms with Crippen LogP contribution in [0.15, 0.2) is 53.7 Å². The van der Waals surface area contributed by atoms with Crippen LogP contribution >= 0.6 is 11.6 Å². The topological polar surface area (TPSA) is 49.3 Å². The van der Waals surface area contributed by atoms with E-state index in [-0.39, 0.29) is 5.41 Å². The lowest BCUT2D eigenvalue weighted by molar-refractivity contribution is 0.509. The molecular formula is C19H25ClN4. The molecule has 2 rings (SSSR count). The van der Waals surface area contributed by atoms with Gasteiger partial charge in [-0.15, -0.1) is 0 Å². The lowest BCUT2D eigenvalue weighted by Crippen LogP contribution is -2.43. The molecule has 1 aromatic heterocycles. The van der Waals surface area contributed by atoms with E-state index >= 15 is 0 Å². The van der Waals surface area contributed by atoms with Gasteiger partial charge in [0.1, 0.15) is 0 Å². The number of rotatable bonds is 6. The standard InChI is InChI=1S/C19H25ClN4/c1-4-21-18(23-13-15-9-7-8-12-22-15)24-14-19(2,3)16-10-5-6-11-17(16)20/h5-12H,4,13-14H2,1-3H3,(H2,21,23,24). The third-order valence-corrected chi connectivity index (χ3v) is 4.10. The Morgan fingerprint density at radius 1 is 1.12 bits per heavy atom. The fourth-order valence-corrected chi connectivity index (χ4v) is 2.79. The summed E-state index contributed by atoms with van der Waals surface area (Å²) in [5.74, 6) is 0.781. The van der Waals surface area contributed by atoms with E-state index in [0.717, 1.165) is 35.3 Å². The van der Waals surface area contributed by atoms with E-state index in [1.807, 2.05) is 36.4 Å². The van der Waals surface area contributed by atoms with Gasteiger partial charge in [-0.3, -0.25) is 4.98 Å². The Balaban J connectivity index is 2.04. The number of nitrogens with zero attached hydrogens (tertiary/aromatic N) is 2. The summed E-state index contributed by atoms with van der Waals surface area (Å²) in [6.07, 6.45) is 1.78. The molecule has 24 heavy (non-hydrogen) atoms. The van der Waals surface area contributed by atoms with Crippen molar-refractivity contribution in [1.29, 1.82) is 0 Å². The number of guanidine groups is 1. The molecule has 1 heterocycles. The number of aliphatic imine (C=N–C) groups is 1. The summed E-state index contributed by atoms with van der Waals surface area (Å²) in [7, 11) is 0. The first-order chi connectivity index (χ1) is 11.5. The van der Waals surface area contributed by atoms with Crippen LogP contribution in [0.3, 0.4) is 0 Å². The number of benzene rings is 1. The van der Waals surface area contributed by atoms with Gasteiger partial charge in [0.2, 0.25) is 0 Å². The van der Waals surface area contributed by atoms with Gasteiger partial charge in [-0.2, -0.15) is 0 Å². The molecular weight excluding hydrogens is 320 g/mol. The molecule has 0 aliphatic rings. The average molecular weight is 345 g/mol. The van der Waals surface area contributed by atoms with E-state index in [9.17, 15) is 0 Å². The second-order valence-corrected chi connectivity index (χ2v) is 6.64. The van der Waals surface area contributed by atoms with E-state index in [4.69, 9.17) is 11.6 Å². The molecule has 0 amide bonds. The average Bonchev–Trinajstić information content (AvgIpc) is 2.58. The van der Waals surface area contributed by atoms with Gasteiger partial charge < -0.3 is 10.6 Å². The van der Waals surface area contributed by atoms with Crippen LogP contribution in [0.25, 0.3) is 0 Å². The van der Waals surface area contributed by atoms with Gasteiger partial charge in [-0.1, -0.05) is 49.7 Å². The van der Waals surface area contributed by atoms with Crippen LogP contribution in [-0.4, -0.2) is 24.0 Å². The van der Waals surface area contributed by atoms with Crippen LogP contribution in [0, 0.1) is 0 Å². The molecule has 4 nitrogen and oxygen atoms in total. The second-order valence-electron chi connectivity index (χ2n) is 6.23. The van der Waals surface area contributed by atoms with Crippen molar-refractivity contribution in [3.8, 4) is 0 Å². The molecule has 0 unspecified atom stereocenters. The van der Waals surface area contributed by atoms with E-state index in [1.165, 1.54) is 0 Å². The fraction of sp³-hybridized carbons (Fsp3) is 0.368. The summed E-state index contributed by atoms with van der Waals surface area (Å²) in [4.78, 5) is 8.90. The van der Waals surface area contributed by atoms with Gasteiger partial charge in [0.25, 0.3) is 0 Å². The SMILES string of the molecule is CCNC(=NCc1ccccn1)NCC(C)(C)c1ccccc1Cl. The molecule has 0 aliphatic heterocycles. The van der Waals surface area contributed by atoms with Crippen LogP contribution in [-0.2, 0) is 12.0 Å². The Morgan fingerprint density at radius 3 is 2.54 bits per heavy atom. The molecule has 2 aromatic rings. The van der Waals surface area contributed by atoms with Gasteiger partial charge in [0, 0.05) is 29.7 Å². The zero-order valence-corrected chi connectivity index (χ0v) is 15.3. The number of halogens is 1. The van der Waals surface area contributed by atoms with Crippen LogP contribution in [0.4, 0.5) is 0 Å². The highest BCUT2D eigenvalue weighted by Crippen LogP contribution is 2.28. The van der Waals surface area contributed by atoms with Crippen LogP contribution in [0.1, 0.15) is 32.0 Å². The highest BCUT2D eigenvalue weighted by molar-refractivity contribution is 6.31. The molecule has 128 valence electrons. The van der Waals surface area contributed by atoms with Gasteiger partial charge >= 0.3 is 0 Å². The van der Waals surface area contributed by atoms with E-state index in [2.05, 4.69) is 47.4 Å². The van der Waals surface area contributed by atoms with Crippen molar-refractivity contribution >= 4 is 17.6 Å². The maximum Gasteiger partial charge on any atom is 0.191 e. The molecule has 2 N–H and O–H groups in total. The lowest BCUT2D eigenvalue weighted by Gasteiger charge is -2.27. The van der Waals surface area contributed by atoms with Gasteiger partial charge in [0.15, 0.2) is 5.96 Å². The molecule has 0 spiro atoms. The summed E-state index contributed by atoms with van der Waals surface area (Å²) < 4.78 is 0. The van der Waals surface area contributed by atoms with Crippen molar-refractivity contribution < 1.29 is 0 Å². The van der Waals surface area contributed by atoms with Crippen LogP contribution in [0.2, 0.25) is 5.02 Å². The number of aromatic nitrogens is 1.